The SMILES string of the molecule is CCCCCC(=O)O[C@@H]1C[C@H](C)CC[C@H]1C(C)C. The molecule has 0 spiro atoms. The van der Waals surface area contributed by atoms with E-state index in [-0.39, 0.29) is 12.1 Å². The molecule has 0 radical (unpaired) electrons. The summed E-state index contributed by atoms with van der Waals surface area (Å²) in [6.45, 7) is 8.93. The lowest BCUT2D eigenvalue weighted by Crippen LogP contribution is -2.35. The monoisotopic (exact) mass is 254 g/mol. The molecule has 3 atom stereocenters. The standard InChI is InChI=1S/C16H30O2/c1-5-6-7-8-16(17)18-15-11-13(4)9-10-14(15)12(2)3/h12-15H,5-11H2,1-4H3/t13-,14+,15-/m1/s1. The molecule has 0 unspecified atom stereocenters. The lowest BCUT2D eigenvalue weighted by Gasteiger charge is -2.36. The summed E-state index contributed by atoms with van der Waals surface area (Å²) in [6, 6.07) is 0. The van der Waals surface area contributed by atoms with E-state index in [9.17, 15) is 4.79 Å². The fourth-order valence-electron chi connectivity index (χ4n) is 3.00. The van der Waals surface area contributed by atoms with Gasteiger partial charge in [-0.1, -0.05) is 47.0 Å². The van der Waals surface area contributed by atoms with Crippen LogP contribution in [0.25, 0.3) is 0 Å². The van der Waals surface area contributed by atoms with Crippen molar-refractivity contribution in [2.24, 2.45) is 17.8 Å². The average molecular weight is 254 g/mol. The molecule has 0 aromatic carbocycles. The van der Waals surface area contributed by atoms with E-state index in [2.05, 4.69) is 27.7 Å². The smallest absolute Gasteiger partial charge is 0.306 e. The van der Waals surface area contributed by atoms with E-state index >= 15 is 0 Å². The molecule has 0 aliphatic heterocycles. The molecule has 18 heavy (non-hydrogen) atoms. The van der Waals surface area contributed by atoms with Crippen molar-refractivity contribution in [3.05, 3.63) is 0 Å². The second-order valence-corrected chi connectivity index (χ2v) is 6.31. The van der Waals surface area contributed by atoms with Gasteiger partial charge in [0.15, 0.2) is 0 Å². The maximum absolute atomic E-state index is 11.8. The van der Waals surface area contributed by atoms with Crippen molar-refractivity contribution in [3.8, 4) is 0 Å². The second kappa shape index (κ2) is 7.81. The molecule has 2 heteroatoms. The van der Waals surface area contributed by atoms with Crippen molar-refractivity contribution in [3.63, 3.8) is 0 Å². The Morgan fingerprint density at radius 2 is 2.00 bits per heavy atom. The molecular weight excluding hydrogens is 224 g/mol. The Hall–Kier alpha value is -0.530. The zero-order valence-electron chi connectivity index (χ0n) is 12.6. The van der Waals surface area contributed by atoms with Crippen LogP contribution in [0.3, 0.4) is 0 Å². The van der Waals surface area contributed by atoms with Gasteiger partial charge in [-0.25, -0.2) is 0 Å². The Balaban J connectivity index is 2.42. The van der Waals surface area contributed by atoms with Crippen LogP contribution < -0.4 is 0 Å². The number of hydrogen-bond acceptors (Lipinski definition) is 2. The van der Waals surface area contributed by atoms with Crippen molar-refractivity contribution < 1.29 is 9.53 Å². The highest BCUT2D eigenvalue weighted by atomic mass is 16.5. The lowest BCUT2D eigenvalue weighted by molar-refractivity contribution is -0.156. The third-order valence-corrected chi connectivity index (χ3v) is 4.23. The molecule has 1 fully saturated rings. The molecule has 0 saturated heterocycles. The van der Waals surface area contributed by atoms with Crippen LogP contribution in [-0.2, 0) is 9.53 Å². The van der Waals surface area contributed by atoms with Crippen LogP contribution in [0.2, 0.25) is 0 Å². The van der Waals surface area contributed by atoms with Crippen LogP contribution in [0, 0.1) is 17.8 Å². The maximum Gasteiger partial charge on any atom is 0.306 e. The predicted molar refractivity (Wildman–Crippen MR) is 75.4 cm³/mol. The van der Waals surface area contributed by atoms with E-state index < -0.39 is 0 Å². The van der Waals surface area contributed by atoms with E-state index in [1.807, 2.05) is 0 Å². The molecule has 0 amide bonds. The zero-order chi connectivity index (χ0) is 13.5. The molecule has 2 nitrogen and oxygen atoms in total. The number of ether oxygens (including phenoxy) is 1. The van der Waals surface area contributed by atoms with Gasteiger partial charge in [-0.05, 0) is 37.0 Å². The molecule has 1 rings (SSSR count). The van der Waals surface area contributed by atoms with Crippen molar-refractivity contribution in [2.75, 3.05) is 0 Å². The number of rotatable bonds is 6. The van der Waals surface area contributed by atoms with Gasteiger partial charge in [0.05, 0.1) is 0 Å². The Morgan fingerprint density at radius 1 is 1.28 bits per heavy atom. The molecular formula is C16H30O2. The molecule has 0 aromatic heterocycles. The summed E-state index contributed by atoms with van der Waals surface area (Å²) in [4.78, 5) is 11.8. The largest absolute Gasteiger partial charge is 0.462 e. The summed E-state index contributed by atoms with van der Waals surface area (Å²) in [5.74, 6) is 1.91. The van der Waals surface area contributed by atoms with Gasteiger partial charge < -0.3 is 4.74 Å². The predicted octanol–water partition coefficient (Wildman–Crippen LogP) is 4.57. The summed E-state index contributed by atoms with van der Waals surface area (Å²) in [5, 5.41) is 0. The highest BCUT2D eigenvalue weighted by molar-refractivity contribution is 5.69. The van der Waals surface area contributed by atoms with Crippen LogP contribution >= 0.6 is 0 Å². The quantitative estimate of drug-likeness (QED) is 0.512. The third-order valence-electron chi connectivity index (χ3n) is 4.23. The molecule has 106 valence electrons. The van der Waals surface area contributed by atoms with E-state index in [1.165, 1.54) is 12.8 Å². The molecule has 1 aliphatic carbocycles. The Morgan fingerprint density at radius 3 is 2.61 bits per heavy atom. The molecule has 0 N–H and O–H groups in total. The molecule has 0 aromatic rings. The number of hydrogen-bond donors (Lipinski definition) is 0. The highest BCUT2D eigenvalue weighted by Crippen LogP contribution is 2.35. The van der Waals surface area contributed by atoms with Gasteiger partial charge in [-0.15, -0.1) is 0 Å². The Kier molecular flexibility index (Phi) is 6.73. The van der Waals surface area contributed by atoms with Gasteiger partial charge in [0, 0.05) is 6.42 Å². The highest BCUT2D eigenvalue weighted by Gasteiger charge is 2.33. The molecule has 1 saturated carbocycles. The lowest BCUT2D eigenvalue weighted by atomic mass is 9.75. The molecule has 0 bridgehead atoms. The zero-order valence-corrected chi connectivity index (χ0v) is 12.6. The first-order valence-electron chi connectivity index (χ1n) is 7.74. The molecule has 0 heterocycles. The van der Waals surface area contributed by atoms with Crippen molar-refractivity contribution in [2.45, 2.75) is 78.7 Å². The first-order chi connectivity index (χ1) is 8.54. The van der Waals surface area contributed by atoms with Crippen molar-refractivity contribution in [1.82, 2.24) is 0 Å². The van der Waals surface area contributed by atoms with E-state index in [0.717, 1.165) is 25.7 Å². The summed E-state index contributed by atoms with van der Waals surface area (Å²) in [7, 11) is 0. The third kappa shape index (κ3) is 4.99. The first kappa shape index (κ1) is 15.5. The van der Waals surface area contributed by atoms with Gasteiger partial charge in [0.25, 0.3) is 0 Å². The fourth-order valence-corrected chi connectivity index (χ4v) is 3.00. The normalized spacial score (nSPS) is 28.4. The summed E-state index contributed by atoms with van der Waals surface area (Å²) < 4.78 is 5.74. The van der Waals surface area contributed by atoms with Gasteiger partial charge in [-0.3, -0.25) is 4.79 Å². The van der Waals surface area contributed by atoms with Crippen LogP contribution in [0.1, 0.15) is 72.6 Å². The topological polar surface area (TPSA) is 26.3 Å². The van der Waals surface area contributed by atoms with Crippen molar-refractivity contribution >= 4 is 5.97 Å². The average Bonchev–Trinajstić information content (AvgIpc) is 2.29. The van der Waals surface area contributed by atoms with Gasteiger partial charge in [0.1, 0.15) is 6.10 Å². The van der Waals surface area contributed by atoms with Crippen LogP contribution in [0.4, 0.5) is 0 Å². The number of unbranched alkanes of at least 4 members (excludes halogenated alkanes) is 2. The Labute approximate surface area is 112 Å². The maximum atomic E-state index is 11.8. The first-order valence-corrected chi connectivity index (χ1v) is 7.74. The van der Waals surface area contributed by atoms with E-state index in [4.69, 9.17) is 4.74 Å². The fraction of sp³-hybridized carbons (Fsp3) is 0.938. The van der Waals surface area contributed by atoms with Crippen LogP contribution in [0.5, 0.6) is 0 Å². The molecule has 1 aliphatic rings. The van der Waals surface area contributed by atoms with E-state index in [1.54, 1.807) is 0 Å². The van der Waals surface area contributed by atoms with Gasteiger partial charge in [0.2, 0.25) is 0 Å². The Bertz CT molecular complexity index is 247. The summed E-state index contributed by atoms with van der Waals surface area (Å²) >= 11 is 0. The van der Waals surface area contributed by atoms with Gasteiger partial charge in [-0.2, -0.15) is 0 Å². The number of esters is 1. The minimum Gasteiger partial charge on any atom is -0.462 e. The summed E-state index contributed by atoms with van der Waals surface area (Å²) in [6.07, 6.45) is 7.59. The number of carbonyl (C=O) groups is 1. The van der Waals surface area contributed by atoms with Crippen LogP contribution in [-0.4, -0.2) is 12.1 Å². The minimum atomic E-state index is 0.0215. The number of carbonyl (C=O) groups excluding carboxylic acids is 1. The minimum absolute atomic E-state index is 0.0215. The summed E-state index contributed by atoms with van der Waals surface area (Å²) in [5.41, 5.74) is 0. The van der Waals surface area contributed by atoms with Crippen LogP contribution in [0.15, 0.2) is 0 Å². The van der Waals surface area contributed by atoms with E-state index in [0.29, 0.717) is 24.2 Å². The van der Waals surface area contributed by atoms with Gasteiger partial charge >= 0.3 is 5.97 Å². The van der Waals surface area contributed by atoms with Crippen molar-refractivity contribution in [1.29, 1.82) is 0 Å². The second-order valence-electron chi connectivity index (χ2n) is 6.31.